The highest BCUT2D eigenvalue weighted by Crippen LogP contribution is 2.23. The summed E-state index contributed by atoms with van der Waals surface area (Å²) < 4.78 is 0. The van der Waals surface area contributed by atoms with Gasteiger partial charge in [0.25, 0.3) is 0 Å². The van der Waals surface area contributed by atoms with Crippen molar-refractivity contribution in [2.75, 3.05) is 19.6 Å². The summed E-state index contributed by atoms with van der Waals surface area (Å²) >= 11 is 0. The topological polar surface area (TPSA) is 83.6 Å². The van der Waals surface area contributed by atoms with Crippen LogP contribution in [0.3, 0.4) is 0 Å². The molecule has 0 aliphatic carbocycles. The molecule has 2 unspecified atom stereocenters. The molecular weight excluding hydrogens is 256 g/mol. The van der Waals surface area contributed by atoms with Crippen molar-refractivity contribution >= 4 is 11.9 Å². The SMILES string of the molecule is CC(C)CC(CN)CC(=O)N1CCC(CCC(=O)O)C1. The lowest BCUT2D eigenvalue weighted by Gasteiger charge is -2.21. The van der Waals surface area contributed by atoms with Crippen LogP contribution in [0.1, 0.15) is 46.0 Å². The Kier molecular flexibility index (Phi) is 6.99. The van der Waals surface area contributed by atoms with E-state index in [4.69, 9.17) is 10.8 Å². The van der Waals surface area contributed by atoms with Crippen LogP contribution in [-0.2, 0) is 9.59 Å². The van der Waals surface area contributed by atoms with Crippen molar-refractivity contribution in [1.29, 1.82) is 0 Å². The molecule has 1 rings (SSSR count). The molecule has 2 atom stereocenters. The standard InChI is InChI=1S/C15H28N2O3/c1-11(2)7-13(9-16)8-14(18)17-6-5-12(10-17)3-4-15(19)20/h11-13H,3-10,16H2,1-2H3,(H,19,20). The molecule has 5 nitrogen and oxygen atoms in total. The third-order valence-corrected chi connectivity index (χ3v) is 4.01. The molecule has 1 amide bonds. The smallest absolute Gasteiger partial charge is 0.303 e. The molecule has 1 aliphatic heterocycles. The van der Waals surface area contributed by atoms with Crippen LogP contribution < -0.4 is 5.73 Å². The minimum atomic E-state index is -0.755. The fourth-order valence-corrected chi connectivity index (χ4v) is 2.93. The van der Waals surface area contributed by atoms with E-state index in [0.29, 0.717) is 37.8 Å². The summed E-state index contributed by atoms with van der Waals surface area (Å²) in [6.45, 7) is 6.32. The van der Waals surface area contributed by atoms with Gasteiger partial charge in [-0.05, 0) is 43.6 Å². The van der Waals surface area contributed by atoms with Gasteiger partial charge in [-0.2, -0.15) is 0 Å². The molecule has 0 aromatic heterocycles. The van der Waals surface area contributed by atoms with Gasteiger partial charge in [-0.1, -0.05) is 13.8 Å². The van der Waals surface area contributed by atoms with Crippen molar-refractivity contribution in [2.24, 2.45) is 23.5 Å². The van der Waals surface area contributed by atoms with E-state index in [9.17, 15) is 9.59 Å². The van der Waals surface area contributed by atoms with Crippen molar-refractivity contribution in [1.82, 2.24) is 4.90 Å². The highest BCUT2D eigenvalue weighted by molar-refractivity contribution is 5.76. The molecular formula is C15H28N2O3. The second kappa shape index (κ2) is 8.25. The van der Waals surface area contributed by atoms with E-state index in [-0.39, 0.29) is 18.2 Å². The average molecular weight is 284 g/mol. The van der Waals surface area contributed by atoms with E-state index in [1.807, 2.05) is 4.90 Å². The van der Waals surface area contributed by atoms with Crippen LogP contribution in [0.15, 0.2) is 0 Å². The number of carboxylic acids is 1. The lowest BCUT2D eigenvalue weighted by Crippen LogP contribution is -2.32. The number of carboxylic acid groups (broad SMARTS) is 1. The molecule has 0 saturated carbocycles. The van der Waals surface area contributed by atoms with Crippen LogP contribution in [0.25, 0.3) is 0 Å². The van der Waals surface area contributed by atoms with Gasteiger partial charge in [0, 0.05) is 25.9 Å². The summed E-state index contributed by atoms with van der Waals surface area (Å²) in [6.07, 6.45) is 3.31. The Balaban J connectivity index is 2.35. The number of rotatable bonds is 8. The van der Waals surface area contributed by atoms with Crippen LogP contribution in [0.4, 0.5) is 0 Å². The monoisotopic (exact) mass is 284 g/mol. The molecule has 0 radical (unpaired) electrons. The molecule has 0 aromatic carbocycles. The van der Waals surface area contributed by atoms with Gasteiger partial charge in [0.15, 0.2) is 0 Å². The van der Waals surface area contributed by atoms with Gasteiger partial charge in [-0.3, -0.25) is 9.59 Å². The Morgan fingerprint density at radius 1 is 1.40 bits per heavy atom. The van der Waals surface area contributed by atoms with Crippen LogP contribution in [0.5, 0.6) is 0 Å². The highest BCUT2D eigenvalue weighted by Gasteiger charge is 2.27. The van der Waals surface area contributed by atoms with E-state index in [1.165, 1.54) is 0 Å². The fraction of sp³-hybridized carbons (Fsp3) is 0.867. The van der Waals surface area contributed by atoms with Crippen LogP contribution in [-0.4, -0.2) is 41.5 Å². The Morgan fingerprint density at radius 2 is 2.10 bits per heavy atom. The van der Waals surface area contributed by atoms with Crippen molar-refractivity contribution in [2.45, 2.75) is 46.0 Å². The summed E-state index contributed by atoms with van der Waals surface area (Å²) in [4.78, 5) is 24.7. The van der Waals surface area contributed by atoms with Gasteiger partial charge >= 0.3 is 5.97 Å². The second-order valence-corrected chi connectivity index (χ2v) is 6.36. The number of carbonyl (C=O) groups is 2. The molecule has 1 aliphatic rings. The van der Waals surface area contributed by atoms with Crippen LogP contribution in [0.2, 0.25) is 0 Å². The third kappa shape index (κ3) is 5.90. The number of hydrogen-bond donors (Lipinski definition) is 2. The van der Waals surface area contributed by atoms with Gasteiger partial charge in [0.1, 0.15) is 0 Å². The minimum Gasteiger partial charge on any atom is -0.481 e. The molecule has 0 aromatic rings. The molecule has 0 bridgehead atoms. The van der Waals surface area contributed by atoms with E-state index in [1.54, 1.807) is 0 Å². The van der Waals surface area contributed by atoms with Crippen molar-refractivity contribution in [3.8, 4) is 0 Å². The molecule has 3 N–H and O–H groups in total. The molecule has 1 saturated heterocycles. The van der Waals surface area contributed by atoms with E-state index in [2.05, 4.69) is 13.8 Å². The number of aliphatic carboxylic acids is 1. The summed E-state index contributed by atoms with van der Waals surface area (Å²) in [5.74, 6) is 0.587. The predicted molar refractivity (Wildman–Crippen MR) is 78.2 cm³/mol. The predicted octanol–water partition coefficient (Wildman–Crippen LogP) is 1.71. The molecule has 5 heteroatoms. The first-order valence-corrected chi connectivity index (χ1v) is 7.62. The van der Waals surface area contributed by atoms with Crippen molar-refractivity contribution < 1.29 is 14.7 Å². The first-order chi connectivity index (χ1) is 9.42. The van der Waals surface area contributed by atoms with Crippen LogP contribution >= 0.6 is 0 Å². The van der Waals surface area contributed by atoms with Gasteiger partial charge in [-0.25, -0.2) is 0 Å². The second-order valence-electron chi connectivity index (χ2n) is 6.36. The van der Waals surface area contributed by atoms with Crippen molar-refractivity contribution in [3.05, 3.63) is 0 Å². The lowest BCUT2D eigenvalue weighted by atomic mass is 9.94. The Labute approximate surface area is 121 Å². The largest absolute Gasteiger partial charge is 0.481 e. The van der Waals surface area contributed by atoms with E-state index < -0.39 is 5.97 Å². The zero-order chi connectivity index (χ0) is 15.1. The summed E-state index contributed by atoms with van der Waals surface area (Å²) in [6, 6.07) is 0. The molecule has 1 heterocycles. The first kappa shape index (κ1) is 17.0. The van der Waals surface area contributed by atoms with Gasteiger partial charge in [0.05, 0.1) is 0 Å². The molecule has 20 heavy (non-hydrogen) atoms. The first-order valence-electron chi connectivity index (χ1n) is 7.62. The Morgan fingerprint density at radius 3 is 2.65 bits per heavy atom. The number of nitrogens with two attached hydrogens (primary N) is 1. The molecule has 0 spiro atoms. The van der Waals surface area contributed by atoms with Crippen LogP contribution in [0, 0.1) is 17.8 Å². The average Bonchev–Trinajstić information content (AvgIpc) is 2.83. The van der Waals surface area contributed by atoms with Gasteiger partial charge in [0.2, 0.25) is 5.91 Å². The van der Waals surface area contributed by atoms with Gasteiger partial charge in [-0.15, -0.1) is 0 Å². The van der Waals surface area contributed by atoms with Gasteiger partial charge < -0.3 is 15.7 Å². The third-order valence-electron chi connectivity index (χ3n) is 4.01. The Hall–Kier alpha value is -1.10. The lowest BCUT2D eigenvalue weighted by molar-refractivity contribution is -0.137. The maximum Gasteiger partial charge on any atom is 0.303 e. The normalized spacial score (nSPS) is 20.4. The maximum atomic E-state index is 12.2. The molecule has 116 valence electrons. The maximum absolute atomic E-state index is 12.2. The van der Waals surface area contributed by atoms with E-state index >= 15 is 0 Å². The Bertz CT molecular complexity index is 331. The number of carbonyl (C=O) groups excluding carboxylic acids is 1. The van der Waals surface area contributed by atoms with Crippen molar-refractivity contribution in [3.63, 3.8) is 0 Å². The zero-order valence-electron chi connectivity index (χ0n) is 12.7. The minimum absolute atomic E-state index is 0.180. The summed E-state index contributed by atoms with van der Waals surface area (Å²) in [7, 11) is 0. The fourth-order valence-electron chi connectivity index (χ4n) is 2.93. The number of amides is 1. The highest BCUT2D eigenvalue weighted by atomic mass is 16.4. The van der Waals surface area contributed by atoms with E-state index in [0.717, 1.165) is 19.4 Å². The summed E-state index contributed by atoms with van der Waals surface area (Å²) in [5.41, 5.74) is 5.74. The number of likely N-dealkylation sites (tertiary alicyclic amines) is 1. The summed E-state index contributed by atoms with van der Waals surface area (Å²) in [5, 5.41) is 8.69. The molecule has 1 fully saturated rings. The number of hydrogen-bond acceptors (Lipinski definition) is 3. The zero-order valence-corrected chi connectivity index (χ0v) is 12.7. The quantitative estimate of drug-likeness (QED) is 0.710. The number of nitrogens with zero attached hydrogens (tertiary/aromatic N) is 1.